The first-order valence-electron chi connectivity index (χ1n) is 5.51. The van der Waals surface area contributed by atoms with E-state index in [4.69, 9.17) is 0 Å². The topological polar surface area (TPSA) is 78.0 Å². The summed E-state index contributed by atoms with van der Waals surface area (Å²) in [5.74, 6) is -0.242. The van der Waals surface area contributed by atoms with Crippen LogP contribution in [0.3, 0.4) is 0 Å². The van der Waals surface area contributed by atoms with Crippen molar-refractivity contribution in [2.24, 2.45) is 0 Å². The van der Waals surface area contributed by atoms with E-state index in [2.05, 4.69) is 37.9 Å². The van der Waals surface area contributed by atoms with Crippen molar-refractivity contribution in [2.75, 3.05) is 6.54 Å². The molecule has 1 amide bonds. The Morgan fingerprint density at radius 3 is 2.89 bits per heavy atom. The first-order valence-corrected chi connectivity index (χ1v) is 7.67. The highest BCUT2D eigenvalue weighted by molar-refractivity contribution is 14.1. The van der Waals surface area contributed by atoms with E-state index < -0.39 is 0 Å². The van der Waals surface area contributed by atoms with Crippen molar-refractivity contribution in [3.63, 3.8) is 0 Å². The Kier molecular flexibility index (Phi) is 5.02. The Morgan fingerprint density at radius 1 is 1.42 bits per heavy atom. The standard InChI is InChI=1S/C12H11I2N3O2/c13-7-3-9(11(18)10(14)4-7)12(19)16-2-1-8-5-15-6-17-8/h3-6,18H,1-2H2,(H,15,17)(H,16,19). The van der Waals surface area contributed by atoms with Crippen molar-refractivity contribution < 1.29 is 9.90 Å². The summed E-state index contributed by atoms with van der Waals surface area (Å²) >= 11 is 4.13. The molecule has 0 radical (unpaired) electrons. The largest absolute Gasteiger partial charge is 0.506 e. The summed E-state index contributed by atoms with van der Waals surface area (Å²) in [7, 11) is 0. The summed E-state index contributed by atoms with van der Waals surface area (Å²) in [6.45, 7) is 0.489. The van der Waals surface area contributed by atoms with Gasteiger partial charge < -0.3 is 15.4 Å². The lowest BCUT2D eigenvalue weighted by molar-refractivity contribution is 0.0951. The first-order chi connectivity index (χ1) is 9.08. The number of amides is 1. The van der Waals surface area contributed by atoms with E-state index in [1.54, 1.807) is 18.6 Å². The fourth-order valence-corrected chi connectivity index (χ4v) is 3.41. The maximum absolute atomic E-state index is 12.0. The second-order valence-electron chi connectivity index (χ2n) is 3.87. The number of nitrogens with one attached hydrogen (secondary N) is 2. The number of carbonyl (C=O) groups excluding carboxylic acids is 1. The summed E-state index contributed by atoms with van der Waals surface area (Å²) in [6.07, 6.45) is 4.00. The number of benzene rings is 1. The molecule has 0 aliphatic rings. The third-order valence-corrected chi connectivity index (χ3v) is 3.95. The van der Waals surface area contributed by atoms with Gasteiger partial charge >= 0.3 is 0 Å². The minimum absolute atomic E-state index is 0.0278. The van der Waals surface area contributed by atoms with E-state index in [1.807, 2.05) is 28.7 Å². The van der Waals surface area contributed by atoms with Gasteiger partial charge in [-0.05, 0) is 57.3 Å². The maximum Gasteiger partial charge on any atom is 0.255 e. The third-order valence-electron chi connectivity index (χ3n) is 2.51. The zero-order valence-corrected chi connectivity index (χ0v) is 14.1. The van der Waals surface area contributed by atoms with E-state index in [1.165, 1.54) is 0 Å². The van der Waals surface area contributed by atoms with Gasteiger partial charge in [0.05, 0.1) is 15.5 Å². The normalized spacial score (nSPS) is 10.4. The Hall–Kier alpha value is -0.840. The van der Waals surface area contributed by atoms with Gasteiger partial charge in [0.1, 0.15) is 5.75 Å². The zero-order valence-electron chi connectivity index (χ0n) is 9.78. The quantitative estimate of drug-likeness (QED) is 0.585. The number of hydrogen-bond donors (Lipinski definition) is 3. The lowest BCUT2D eigenvalue weighted by Crippen LogP contribution is -2.26. The Labute approximate surface area is 137 Å². The second-order valence-corrected chi connectivity index (χ2v) is 6.27. The van der Waals surface area contributed by atoms with Crippen LogP contribution in [0.1, 0.15) is 16.1 Å². The molecular weight excluding hydrogens is 472 g/mol. The number of carbonyl (C=O) groups is 1. The van der Waals surface area contributed by atoms with Crippen molar-refractivity contribution in [1.82, 2.24) is 15.3 Å². The third kappa shape index (κ3) is 3.81. The van der Waals surface area contributed by atoms with Crippen molar-refractivity contribution in [3.05, 3.63) is 43.1 Å². The molecule has 0 fully saturated rings. The van der Waals surface area contributed by atoms with Crippen molar-refractivity contribution in [1.29, 1.82) is 0 Å². The summed E-state index contributed by atoms with van der Waals surface area (Å²) in [6, 6.07) is 3.49. The molecule has 0 saturated carbocycles. The van der Waals surface area contributed by atoms with Crippen LogP contribution in [-0.4, -0.2) is 27.5 Å². The molecule has 0 saturated heterocycles. The molecule has 7 heteroatoms. The second kappa shape index (κ2) is 6.55. The molecule has 0 unspecified atom stereocenters. The molecule has 5 nitrogen and oxygen atoms in total. The van der Waals surface area contributed by atoms with Gasteiger partial charge in [0.2, 0.25) is 0 Å². The van der Waals surface area contributed by atoms with Gasteiger partial charge in [0.25, 0.3) is 5.91 Å². The van der Waals surface area contributed by atoms with Gasteiger partial charge in [0.15, 0.2) is 0 Å². The van der Waals surface area contributed by atoms with E-state index in [-0.39, 0.29) is 11.7 Å². The minimum Gasteiger partial charge on any atom is -0.506 e. The zero-order chi connectivity index (χ0) is 13.8. The number of aromatic hydroxyl groups is 1. The number of nitrogens with zero attached hydrogens (tertiary/aromatic N) is 1. The van der Waals surface area contributed by atoms with Crippen LogP contribution in [0.2, 0.25) is 0 Å². The highest BCUT2D eigenvalue weighted by Gasteiger charge is 2.14. The molecule has 0 bridgehead atoms. The fraction of sp³-hybridized carbons (Fsp3) is 0.167. The molecular formula is C12H11I2N3O2. The number of H-pyrrole nitrogens is 1. The number of halogens is 2. The van der Waals surface area contributed by atoms with Crippen LogP contribution in [0.15, 0.2) is 24.7 Å². The smallest absolute Gasteiger partial charge is 0.255 e. The number of aromatic amines is 1. The van der Waals surface area contributed by atoms with Gasteiger partial charge in [-0.25, -0.2) is 4.98 Å². The first kappa shape index (κ1) is 14.6. The number of imidazole rings is 1. The lowest BCUT2D eigenvalue weighted by Gasteiger charge is -2.08. The minimum atomic E-state index is -0.270. The Bertz CT molecular complexity index is 585. The molecule has 1 aromatic carbocycles. The molecule has 1 aromatic heterocycles. The molecule has 0 atom stereocenters. The van der Waals surface area contributed by atoms with Crippen LogP contribution in [0.25, 0.3) is 0 Å². The lowest BCUT2D eigenvalue weighted by atomic mass is 10.2. The Morgan fingerprint density at radius 2 is 2.21 bits per heavy atom. The van der Waals surface area contributed by atoms with Gasteiger partial charge in [-0.3, -0.25) is 4.79 Å². The number of rotatable bonds is 4. The SMILES string of the molecule is O=C(NCCc1cnc[nH]1)c1cc(I)cc(I)c1O. The van der Waals surface area contributed by atoms with E-state index in [0.717, 1.165) is 9.26 Å². The maximum atomic E-state index is 12.0. The van der Waals surface area contributed by atoms with Crippen LogP contribution >= 0.6 is 45.2 Å². The molecule has 100 valence electrons. The molecule has 0 spiro atoms. The van der Waals surface area contributed by atoms with E-state index >= 15 is 0 Å². The van der Waals surface area contributed by atoms with E-state index in [9.17, 15) is 9.90 Å². The number of aromatic nitrogens is 2. The highest BCUT2D eigenvalue weighted by Crippen LogP contribution is 2.26. The van der Waals surface area contributed by atoms with Crippen LogP contribution in [0.4, 0.5) is 0 Å². The average molecular weight is 483 g/mol. The monoisotopic (exact) mass is 483 g/mol. The summed E-state index contributed by atoms with van der Waals surface area (Å²) in [4.78, 5) is 18.9. The fourth-order valence-electron chi connectivity index (χ4n) is 1.57. The van der Waals surface area contributed by atoms with Crippen LogP contribution in [-0.2, 0) is 6.42 Å². The predicted octanol–water partition coefficient (Wildman–Crippen LogP) is 2.30. The molecule has 2 rings (SSSR count). The highest BCUT2D eigenvalue weighted by atomic mass is 127. The van der Waals surface area contributed by atoms with Crippen molar-refractivity contribution in [2.45, 2.75) is 6.42 Å². The molecule has 19 heavy (non-hydrogen) atoms. The summed E-state index contributed by atoms with van der Waals surface area (Å²) in [5.41, 5.74) is 1.27. The molecule has 0 aliphatic heterocycles. The van der Waals surface area contributed by atoms with Crippen LogP contribution < -0.4 is 5.32 Å². The van der Waals surface area contributed by atoms with Crippen molar-refractivity contribution >= 4 is 51.1 Å². The van der Waals surface area contributed by atoms with Gasteiger partial charge in [0, 0.05) is 28.4 Å². The molecule has 3 N–H and O–H groups in total. The van der Waals surface area contributed by atoms with Gasteiger partial charge in [-0.2, -0.15) is 0 Å². The number of phenolic OH excluding ortho intramolecular Hbond substituents is 1. The number of phenols is 1. The predicted molar refractivity (Wildman–Crippen MR) is 88.2 cm³/mol. The van der Waals surface area contributed by atoms with Crippen molar-refractivity contribution in [3.8, 4) is 5.75 Å². The van der Waals surface area contributed by atoms with E-state index in [0.29, 0.717) is 22.1 Å². The van der Waals surface area contributed by atoms with Crippen LogP contribution in [0.5, 0.6) is 5.75 Å². The average Bonchev–Trinajstić information content (AvgIpc) is 2.86. The summed E-state index contributed by atoms with van der Waals surface area (Å²) < 4.78 is 1.58. The molecule has 2 aromatic rings. The molecule has 1 heterocycles. The van der Waals surface area contributed by atoms with Crippen LogP contribution in [0, 0.1) is 7.14 Å². The summed E-state index contributed by atoms with van der Waals surface area (Å²) in [5, 5.41) is 12.7. The van der Waals surface area contributed by atoms with Gasteiger partial charge in [-0.15, -0.1) is 0 Å². The number of hydrogen-bond acceptors (Lipinski definition) is 3. The molecule has 0 aliphatic carbocycles. The Balaban J connectivity index is 2.00. The van der Waals surface area contributed by atoms with Gasteiger partial charge in [-0.1, -0.05) is 0 Å².